The third-order valence-corrected chi connectivity index (χ3v) is 3.69. The van der Waals surface area contributed by atoms with E-state index in [0.717, 1.165) is 12.0 Å². The molecule has 1 rings (SSSR count). The number of nitrogens with two attached hydrogens (primary N) is 1. The van der Waals surface area contributed by atoms with E-state index < -0.39 is 0 Å². The van der Waals surface area contributed by atoms with Crippen molar-refractivity contribution in [2.45, 2.75) is 47.1 Å². The van der Waals surface area contributed by atoms with Crippen LogP contribution in [0, 0.1) is 12.3 Å². The lowest BCUT2D eigenvalue weighted by atomic mass is 9.84. The predicted molar refractivity (Wildman–Crippen MR) is 81.6 cm³/mol. The summed E-state index contributed by atoms with van der Waals surface area (Å²) in [6, 6.07) is 5.43. The fraction of sp³-hybridized carbons (Fsp3) is 0.562. The largest absolute Gasteiger partial charge is 0.496 e. The zero-order valence-electron chi connectivity index (χ0n) is 13.4. The van der Waals surface area contributed by atoms with Gasteiger partial charge in [-0.1, -0.05) is 33.8 Å². The summed E-state index contributed by atoms with van der Waals surface area (Å²) in [6.45, 7) is 10.2. The number of hydrogen-bond donors (Lipinski definition) is 1. The summed E-state index contributed by atoms with van der Waals surface area (Å²) in [5.74, 6) is 6.63. The number of rotatable bonds is 4. The molecule has 4 heteroatoms. The molecule has 0 bridgehead atoms. The summed E-state index contributed by atoms with van der Waals surface area (Å²) in [7, 11) is 1.60. The first kappa shape index (κ1) is 16.5. The van der Waals surface area contributed by atoms with Crippen LogP contribution in [0.5, 0.6) is 5.75 Å². The van der Waals surface area contributed by atoms with Crippen molar-refractivity contribution >= 4 is 5.91 Å². The van der Waals surface area contributed by atoms with E-state index >= 15 is 0 Å². The third kappa shape index (κ3) is 3.31. The maximum absolute atomic E-state index is 12.6. The number of carbonyl (C=O) groups is 1. The number of hydrogen-bond acceptors (Lipinski definition) is 3. The third-order valence-electron chi connectivity index (χ3n) is 3.69. The van der Waals surface area contributed by atoms with Gasteiger partial charge in [-0.05, 0) is 30.9 Å². The standard InChI is InChI=1S/C16H26N2O2/c1-7-14(16(3,4)5)18(17)15(19)12-9-8-10-13(20-6)11(12)2/h8-10,14H,7,17H2,1-6H3. The van der Waals surface area contributed by atoms with E-state index in [-0.39, 0.29) is 17.4 Å². The summed E-state index contributed by atoms with van der Waals surface area (Å²) in [5, 5.41) is 1.36. The molecule has 2 N–H and O–H groups in total. The van der Waals surface area contributed by atoms with E-state index in [4.69, 9.17) is 10.6 Å². The van der Waals surface area contributed by atoms with Crippen LogP contribution in [-0.2, 0) is 0 Å². The van der Waals surface area contributed by atoms with Crippen LogP contribution in [-0.4, -0.2) is 24.1 Å². The molecular weight excluding hydrogens is 252 g/mol. The van der Waals surface area contributed by atoms with Crippen LogP contribution in [0.4, 0.5) is 0 Å². The number of amides is 1. The van der Waals surface area contributed by atoms with E-state index in [1.165, 1.54) is 5.01 Å². The van der Waals surface area contributed by atoms with Gasteiger partial charge in [0.25, 0.3) is 5.91 Å². The van der Waals surface area contributed by atoms with Gasteiger partial charge in [0.1, 0.15) is 5.75 Å². The average molecular weight is 278 g/mol. The molecule has 0 fully saturated rings. The molecule has 0 aliphatic rings. The van der Waals surface area contributed by atoms with Gasteiger partial charge < -0.3 is 4.74 Å². The molecule has 0 aromatic heterocycles. The van der Waals surface area contributed by atoms with Gasteiger partial charge in [0.2, 0.25) is 0 Å². The zero-order chi connectivity index (χ0) is 15.5. The normalized spacial score (nSPS) is 12.9. The molecule has 0 saturated carbocycles. The van der Waals surface area contributed by atoms with Crippen LogP contribution < -0.4 is 10.6 Å². The van der Waals surface area contributed by atoms with Crippen molar-refractivity contribution < 1.29 is 9.53 Å². The second-order valence-corrected chi connectivity index (χ2v) is 6.14. The monoisotopic (exact) mass is 278 g/mol. The van der Waals surface area contributed by atoms with Gasteiger partial charge in [0.05, 0.1) is 13.2 Å². The van der Waals surface area contributed by atoms with E-state index in [9.17, 15) is 4.79 Å². The first-order chi connectivity index (χ1) is 9.23. The van der Waals surface area contributed by atoms with Crippen LogP contribution >= 0.6 is 0 Å². The molecule has 1 aromatic carbocycles. The van der Waals surface area contributed by atoms with E-state index in [1.807, 2.05) is 26.0 Å². The Bertz CT molecular complexity index is 478. The molecule has 1 aromatic rings. The van der Waals surface area contributed by atoms with Gasteiger partial charge in [-0.25, -0.2) is 5.84 Å². The van der Waals surface area contributed by atoms with Crippen LogP contribution in [0.2, 0.25) is 0 Å². The fourth-order valence-corrected chi connectivity index (χ4v) is 2.57. The highest BCUT2D eigenvalue weighted by Crippen LogP contribution is 2.28. The topological polar surface area (TPSA) is 55.6 Å². The number of ether oxygens (including phenoxy) is 1. The first-order valence-electron chi connectivity index (χ1n) is 6.95. The minimum absolute atomic E-state index is 0.0133. The smallest absolute Gasteiger partial charge is 0.268 e. The maximum Gasteiger partial charge on any atom is 0.268 e. The minimum atomic E-state index is -0.164. The Morgan fingerprint density at radius 2 is 2.00 bits per heavy atom. The average Bonchev–Trinajstić information content (AvgIpc) is 2.37. The molecule has 1 unspecified atom stereocenters. The summed E-state index contributed by atoms with van der Waals surface area (Å²) in [5.41, 5.74) is 1.35. The SMILES string of the molecule is CCC(N(N)C(=O)c1cccc(OC)c1C)C(C)(C)C. The van der Waals surface area contributed by atoms with E-state index in [1.54, 1.807) is 13.2 Å². The second-order valence-electron chi connectivity index (χ2n) is 6.14. The molecule has 0 heterocycles. The minimum Gasteiger partial charge on any atom is -0.496 e. The van der Waals surface area contributed by atoms with Gasteiger partial charge in [-0.15, -0.1) is 0 Å². The lowest BCUT2D eigenvalue weighted by Gasteiger charge is -2.37. The summed E-state index contributed by atoms with van der Waals surface area (Å²) >= 11 is 0. The van der Waals surface area contributed by atoms with Crippen molar-refractivity contribution in [3.05, 3.63) is 29.3 Å². The number of methoxy groups -OCH3 is 1. The quantitative estimate of drug-likeness (QED) is 0.523. The van der Waals surface area contributed by atoms with Crippen LogP contribution in [0.3, 0.4) is 0 Å². The Hall–Kier alpha value is -1.55. The van der Waals surface area contributed by atoms with Crippen LogP contribution in [0.1, 0.15) is 50.0 Å². The highest BCUT2D eigenvalue weighted by Gasteiger charge is 2.31. The van der Waals surface area contributed by atoms with Crippen molar-refractivity contribution in [2.75, 3.05) is 7.11 Å². The highest BCUT2D eigenvalue weighted by molar-refractivity contribution is 5.96. The Balaban J connectivity index is 3.12. The Kier molecular flexibility index (Phi) is 5.17. The van der Waals surface area contributed by atoms with Crippen molar-refractivity contribution in [2.24, 2.45) is 11.3 Å². The number of hydrazine groups is 1. The molecule has 112 valence electrons. The van der Waals surface area contributed by atoms with Crippen molar-refractivity contribution in [3.8, 4) is 5.75 Å². The molecule has 20 heavy (non-hydrogen) atoms. The lowest BCUT2D eigenvalue weighted by Crippen LogP contribution is -2.51. The summed E-state index contributed by atoms with van der Waals surface area (Å²) < 4.78 is 5.26. The number of benzene rings is 1. The predicted octanol–water partition coefficient (Wildman–Crippen LogP) is 3.14. The molecular formula is C16H26N2O2. The van der Waals surface area contributed by atoms with Gasteiger partial charge in [0.15, 0.2) is 0 Å². The van der Waals surface area contributed by atoms with E-state index in [0.29, 0.717) is 11.3 Å². The van der Waals surface area contributed by atoms with Gasteiger partial charge in [-0.2, -0.15) is 0 Å². The van der Waals surface area contributed by atoms with E-state index in [2.05, 4.69) is 20.8 Å². The highest BCUT2D eigenvalue weighted by atomic mass is 16.5. The van der Waals surface area contributed by atoms with Crippen molar-refractivity contribution in [3.63, 3.8) is 0 Å². The zero-order valence-corrected chi connectivity index (χ0v) is 13.4. The van der Waals surface area contributed by atoms with Crippen LogP contribution in [0.15, 0.2) is 18.2 Å². The Morgan fingerprint density at radius 3 is 2.45 bits per heavy atom. The van der Waals surface area contributed by atoms with Gasteiger partial charge in [0, 0.05) is 11.1 Å². The summed E-state index contributed by atoms with van der Waals surface area (Å²) in [4.78, 5) is 12.6. The molecule has 0 aliphatic heterocycles. The van der Waals surface area contributed by atoms with Gasteiger partial charge >= 0.3 is 0 Å². The molecule has 1 atom stereocenters. The van der Waals surface area contributed by atoms with Gasteiger partial charge in [-0.3, -0.25) is 9.80 Å². The summed E-state index contributed by atoms with van der Waals surface area (Å²) in [6.07, 6.45) is 0.814. The number of nitrogens with zero attached hydrogens (tertiary/aromatic N) is 1. The van der Waals surface area contributed by atoms with Crippen molar-refractivity contribution in [1.82, 2.24) is 5.01 Å². The Labute approximate surface area is 121 Å². The molecule has 1 amide bonds. The fourth-order valence-electron chi connectivity index (χ4n) is 2.57. The molecule has 0 radical (unpaired) electrons. The molecule has 0 aliphatic carbocycles. The molecule has 4 nitrogen and oxygen atoms in total. The number of carbonyl (C=O) groups excluding carboxylic acids is 1. The van der Waals surface area contributed by atoms with Crippen LogP contribution in [0.25, 0.3) is 0 Å². The molecule has 0 spiro atoms. The van der Waals surface area contributed by atoms with Crippen molar-refractivity contribution in [1.29, 1.82) is 0 Å². The second kappa shape index (κ2) is 6.27. The Morgan fingerprint density at radius 1 is 1.40 bits per heavy atom. The lowest BCUT2D eigenvalue weighted by molar-refractivity contribution is 0.0504. The first-order valence-corrected chi connectivity index (χ1v) is 6.95. The molecule has 0 saturated heterocycles. The maximum atomic E-state index is 12.6.